The van der Waals surface area contributed by atoms with Crippen molar-refractivity contribution >= 4 is 17.6 Å². The second-order valence-corrected chi connectivity index (χ2v) is 4.14. The molecule has 1 atom stereocenters. The van der Waals surface area contributed by atoms with Crippen molar-refractivity contribution in [2.75, 3.05) is 25.0 Å². The van der Waals surface area contributed by atoms with Gasteiger partial charge >= 0.3 is 5.97 Å². The van der Waals surface area contributed by atoms with Gasteiger partial charge in [-0.25, -0.2) is 4.79 Å². The van der Waals surface area contributed by atoms with Gasteiger partial charge < -0.3 is 20.5 Å². The van der Waals surface area contributed by atoms with Gasteiger partial charge in [-0.3, -0.25) is 4.79 Å². The molecule has 20 heavy (non-hydrogen) atoms. The van der Waals surface area contributed by atoms with Crippen LogP contribution in [0.25, 0.3) is 0 Å². The molecule has 6 heteroatoms. The highest BCUT2D eigenvalue weighted by atomic mass is 16.5. The number of esters is 1. The number of nitrogens with one attached hydrogen (secondary N) is 2. The molecule has 1 rings (SSSR count). The van der Waals surface area contributed by atoms with E-state index in [2.05, 4.69) is 10.6 Å². The summed E-state index contributed by atoms with van der Waals surface area (Å²) < 4.78 is 5.12. The maximum atomic E-state index is 12.0. The first-order chi connectivity index (χ1) is 9.60. The molecule has 1 amide bonds. The molecular formula is C14H20N2O4. The van der Waals surface area contributed by atoms with Crippen LogP contribution in [0.1, 0.15) is 24.2 Å². The number of hydrogen-bond acceptors (Lipinski definition) is 5. The van der Waals surface area contributed by atoms with Crippen molar-refractivity contribution in [2.45, 2.75) is 20.0 Å². The zero-order chi connectivity index (χ0) is 15.0. The van der Waals surface area contributed by atoms with Crippen molar-refractivity contribution in [1.82, 2.24) is 5.32 Å². The summed E-state index contributed by atoms with van der Waals surface area (Å²) in [6.07, 6.45) is -0.853. The first-order valence-corrected chi connectivity index (χ1v) is 6.52. The molecule has 1 aromatic rings. The van der Waals surface area contributed by atoms with Crippen LogP contribution in [0.4, 0.5) is 5.69 Å². The third kappa shape index (κ3) is 4.55. The number of aliphatic hydroxyl groups is 1. The van der Waals surface area contributed by atoms with Crippen LogP contribution in [0, 0.1) is 0 Å². The highest BCUT2D eigenvalue weighted by Crippen LogP contribution is 2.16. The Morgan fingerprint density at radius 2 is 2.05 bits per heavy atom. The van der Waals surface area contributed by atoms with Crippen LogP contribution in [0.3, 0.4) is 0 Å². The molecule has 0 saturated carbocycles. The van der Waals surface area contributed by atoms with Gasteiger partial charge in [0.15, 0.2) is 6.10 Å². The van der Waals surface area contributed by atoms with Gasteiger partial charge in [-0.2, -0.15) is 0 Å². The lowest BCUT2D eigenvalue weighted by atomic mass is 10.2. The predicted molar refractivity (Wildman–Crippen MR) is 75.6 cm³/mol. The number of benzene rings is 1. The van der Waals surface area contributed by atoms with E-state index in [1.165, 1.54) is 6.92 Å². The van der Waals surface area contributed by atoms with E-state index in [1.54, 1.807) is 31.2 Å². The lowest BCUT2D eigenvalue weighted by Crippen LogP contribution is -2.35. The molecule has 0 spiro atoms. The van der Waals surface area contributed by atoms with Gasteiger partial charge in [0.25, 0.3) is 5.91 Å². The van der Waals surface area contributed by atoms with Crippen molar-refractivity contribution in [3.8, 4) is 0 Å². The third-order valence-electron chi connectivity index (χ3n) is 2.58. The van der Waals surface area contributed by atoms with Crippen molar-refractivity contribution in [3.05, 3.63) is 29.8 Å². The van der Waals surface area contributed by atoms with Crippen molar-refractivity contribution in [3.63, 3.8) is 0 Å². The maximum absolute atomic E-state index is 12.0. The molecule has 0 saturated heterocycles. The number of carbonyl (C=O) groups is 2. The molecule has 0 aliphatic heterocycles. The zero-order valence-corrected chi connectivity index (χ0v) is 11.7. The van der Waals surface area contributed by atoms with Crippen molar-refractivity contribution < 1.29 is 19.4 Å². The molecule has 0 fully saturated rings. The number of hydrogen-bond donors (Lipinski definition) is 3. The van der Waals surface area contributed by atoms with Gasteiger partial charge in [-0.05, 0) is 26.0 Å². The SMILES string of the molecule is CCNC(=O)[C@@H](C)OC(=O)c1ccccc1NCCO. The summed E-state index contributed by atoms with van der Waals surface area (Å²) in [5.74, 6) is -0.911. The number of likely N-dealkylation sites (N-methyl/N-ethyl adjacent to an activating group) is 1. The van der Waals surface area contributed by atoms with E-state index in [9.17, 15) is 9.59 Å². The molecule has 3 N–H and O–H groups in total. The Balaban J connectivity index is 2.74. The van der Waals surface area contributed by atoms with Crippen molar-refractivity contribution in [1.29, 1.82) is 0 Å². The molecule has 0 aliphatic rings. The van der Waals surface area contributed by atoms with E-state index in [0.29, 0.717) is 24.3 Å². The lowest BCUT2D eigenvalue weighted by molar-refractivity contribution is -0.128. The van der Waals surface area contributed by atoms with E-state index in [4.69, 9.17) is 9.84 Å². The molecule has 0 heterocycles. The Kier molecular flexibility index (Phi) is 6.52. The molecule has 6 nitrogen and oxygen atoms in total. The maximum Gasteiger partial charge on any atom is 0.341 e. The van der Waals surface area contributed by atoms with Gasteiger partial charge in [0, 0.05) is 18.8 Å². The molecule has 1 aromatic carbocycles. The average molecular weight is 280 g/mol. The average Bonchev–Trinajstić information content (AvgIpc) is 2.45. The first kappa shape index (κ1) is 16.0. The summed E-state index contributed by atoms with van der Waals surface area (Å²) in [5, 5.41) is 14.3. The van der Waals surface area contributed by atoms with E-state index in [0.717, 1.165) is 0 Å². The summed E-state index contributed by atoms with van der Waals surface area (Å²) in [4.78, 5) is 23.6. The van der Waals surface area contributed by atoms with Crippen molar-refractivity contribution in [2.24, 2.45) is 0 Å². The third-order valence-corrected chi connectivity index (χ3v) is 2.58. The topological polar surface area (TPSA) is 87.7 Å². The Labute approximate surface area is 118 Å². The molecule has 0 unspecified atom stereocenters. The number of aliphatic hydroxyl groups excluding tert-OH is 1. The minimum Gasteiger partial charge on any atom is -0.449 e. The normalized spacial score (nSPS) is 11.6. The number of carbonyl (C=O) groups excluding carboxylic acids is 2. The minimum atomic E-state index is -0.853. The number of anilines is 1. The number of ether oxygens (including phenoxy) is 1. The largest absolute Gasteiger partial charge is 0.449 e. The summed E-state index contributed by atoms with van der Waals surface area (Å²) in [6.45, 7) is 4.08. The summed E-state index contributed by atoms with van der Waals surface area (Å²) in [5.41, 5.74) is 0.895. The van der Waals surface area contributed by atoms with Crippen LogP contribution in [0.5, 0.6) is 0 Å². The Morgan fingerprint density at radius 3 is 2.70 bits per heavy atom. The van der Waals surface area contributed by atoms with E-state index >= 15 is 0 Å². The molecule has 0 bridgehead atoms. The Bertz CT molecular complexity index is 462. The second-order valence-electron chi connectivity index (χ2n) is 4.14. The summed E-state index contributed by atoms with van der Waals surface area (Å²) in [7, 11) is 0. The number of amides is 1. The predicted octanol–water partition coefficient (Wildman–Crippen LogP) is 0.772. The molecule has 0 radical (unpaired) electrons. The quantitative estimate of drug-likeness (QED) is 0.642. The fourth-order valence-corrected chi connectivity index (χ4v) is 1.60. The van der Waals surface area contributed by atoms with Crippen LogP contribution in [0.2, 0.25) is 0 Å². The molecule has 0 aromatic heterocycles. The smallest absolute Gasteiger partial charge is 0.341 e. The molecular weight excluding hydrogens is 260 g/mol. The summed E-state index contributed by atoms with van der Waals surface area (Å²) >= 11 is 0. The highest BCUT2D eigenvalue weighted by molar-refractivity contribution is 5.97. The van der Waals surface area contributed by atoms with Gasteiger partial charge in [-0.15, -0.1) is 0 Å². The molecule has 110 valence electrons. The minimum absolute atomic E-state index is 0.0430. The van der Waals surface area contributed by atoms with Gasteiger partial charge in [0.05, 0.1) is 12.2 Å². The standard InChI is InChI=1S/C14H20N2O4/c1-3-15-13(18)10(2)20-14(19)11-6-4-5-7-12(11)16-8-9-17/h4-7,10,16-17H,3,8-9H2,1-2H3,(H,15,18)/t10-/m1/s1. The fourth-order valence-electron chi connectivity index (χ4n) is 1.60. The van der Waals surface area contributed by atoms with Crippen LogP contribution in [-0.4, -0.2) is 42.8 Å². The lowest BCUT2D eigenvalue weighted by Gasteiger charge is -2.15. The zero-order valence-electron chi connectivity index (χ0n) is 11.7. The van der Waals surface area contributed by atoms with E-state index < -0.39 is 12.1 Å². The van der Waals surface area contributed by atoms with E-state index in [1.807, 2.05) is 0 Å². The van der Waals surface area contributed by atoms with Crippen LogP contribution in [-0.2, 0) is 9.53 Å². The monoisotopic (exact) mass is 280 g/mol. The van der Waals surface area contributed by atoms with Crippen LogP contribution >= 0.6 is 0 Å². The van der Waals surface area contributed by atoms with Gasteiger partial charge in [0.2, 0.25) is 0 Å². The van der Waals surface area contributed by atoms with Crippen LogP contribution < -0.4 is 10.6 Å². The number of para-hydroxylation sites is 1. The molecule has 0 aliphatic carbocycles. The van der Waals surface area contributed by atoms with E-state index in [-0.39, 0.29) is 12.5 Å². The van der Waals surface area contributed by atoms with Gasteiger partial charge in [0.1, 0.15) is 0 Å². The highest BCUT2D eigenvalue weighted by Gasteiger charge is 2.19. The Hall–Kier alpha value is -2.08. The van der Waals surface area contributed by atoms with Crippen LogP contribution in [0.15, 0.2) is 24.3 Å². The Morgan fingerprint density at radius 1 is 1.35 bits per heavy atom. The fraction of sp³-hybridized carbons (Fsp3) is 0.429. The van der Waals surface area contributed by atoms with Gasteiger partial charge in [-0.1, -0.05) is 12.1 Å². The second kappa shape index (κ2) is 8.16. The number of rotatable bonds is 7. The summed E-state index contributed by atoms with van der Waals surface area (Å²) in [6, 6.07) is 6.79. The first-order valence-electron chi connectivity index (χ1n) is 6.52.